The van der Waals surface area contributed by atoms with Crippen molar-refractivity contribution in [1.29, 1.82) is 0 Å². The summed E-state index contributed by atoms with van der Waals surface area (Å²) in [5.74, 6) is -71.4. The molecule has 0 spiro atoms. The van der Waals surface area contributed by atoms with Crippen LogP contribution in [0.2, 0.25) is 0 Å². The van der Waals surface area contributed by atoms with Gasteiger partial charge in [-0.2, -0.15) is 0 Å². The lowest BCUT2D eigenvalue weighted by Crippen LogP contribution is -3.61. The first kappa shape index (κ1) is 50.0. The van der Waals surface area contributed by atoms with Gasteiger partial charge in [-0.1, -0.05) is 83.3 Å². The second kappa shape index (κ2) is 19.2. The molecule has 0 saturated carbocycles. The van der Waals surface area contributed by atoms with Crippen molar-refractivity contribution in [3.63, 3.8) is 0 Å². The molecule has 0 aliphatic carbocycles. The SMILES string of the molecule is Fc1c(F)c(F)c([B-](c2c(F)c(F)c(F)c(F)c2F)(c2c(F)c(F)c(F)c(F)c2F)c2c(F)c(F)c(F)c(F)c2F)c(F)c1F.c1ccc(-c2ccc([I+]c3ccc(-c4ccccc4)s3)s2)cc1. The minimum absolute atomic E-state index is 0.0765. The van der Waals surface area contributed by atoms with Crippen molar-refractivity contribution in [1.82, 2.24) is 0 Å². The molecule has 8 aromatic rings. The van der Waals surface area contributed by atoms with E-state index in [4.69, 9.17) is 0 Å². The van der Waals surface area contributed by atoms with Gasteiger partial charge in [-0.25, -0.2) is 87.8 Å². The third kappa shape index (κ3) is 8.19. The number of rotatable bonds is 8. The van der Waals surface area contributed by atoms with Gasteiger partial charge in [0.05, 0.1) is 0 Å². The molecule has 0 bridgehead atoms. The summed E-state index contributed by atoms with van der Waals surface area (Å²) in [6.07, 6.45) is -7.22. The molecule has 2 aromatic heterocycles. The van der Waals surface area contributed by atoms with Gasteiger partial charge < -0.3 is 0 Å². The summed E-state index contributed by atoms with van der Waals surface area (Å²) in [6.45, 7) is 0. The fourth-order valence-corrected chi connectivity index (χ4v) is 13.5. The summed E-state index contributed by atoms with van der Waals surface area (Å²) in [5, 5.41) is 0. The van der Waals surface area contributed by atoms with Gasteiger partial charge in [0.2, 0.25) is 5.77 Å². The van der Waals surface area contributed by atoms with E-state index in [2.05, 4.69) is 84.9 Å². The van der Waals surface area contributed by atoms with E-state index >= 15 is 35.1 Å². The second-order valence-electron chi connectivity index (χ2n) is 13.8. The molecule has 0 nitrogen and oxygen atoms in total. The largest absolute Gasteiger partial charge is 0.381 e. The topological polar surface area (TPSA) is 0 Å². The Hall–Kier alpha value is -5.89. The molecule has 0 atom stereocenters. The molecule has 352 valence electrons. The summed E-state index contributed by atoms with van der Waals surface area (Å²) < 4.78 is 297. The molecule has 0 fully saturated rings. The van der Waals surface area contributed by atoms with E-state index in [0.29, 0.717) is 0 Å². The van der Waals surface area contributed by atoms with Crippen LogP contribution in [0.25, 0.3) is 20.9 Å². The minimum atomic E-state index is -7.22. The van der Waals surface area contributed by atoms with E-state index in [-0.39, 0.29) is 21.2 Å². The Morgan fingerprint density at radius 3 is 0.676 bits per heavy atom. The Morgan fingerprint density at radius 1 is 0.250 bits per heavy atom. The lowest BCUT2D eigenvalue weighted by molar-refractivity contribution is -0.585. The Bertz CT molecular complexity index is 2810. The van der Waals surface area contributed by atoms with Crippen LogP contribution < -0.4 is 43.1 Å². The number of hydrogen-bond donors (Lipinski definition) is 0. The predicted octanol–water partition coefficient (Wildman–Crippen LogP) is 9.12. The van der Waals surface area contributed by atoms with Gasteiger partial charge in [0.25, 0.3) is 0 Å². The molecular formula is C44H14BF20IS2. The number of halogens is 21. The summed E-state index contributed by atoms with van der Waals surface area (Å²) in [7, 11) is 0. The Balaban J connectivity index is 0.000000246. The molecule has 68 heavy (non-hydrogen) atoms. The van der Waals surface area contributed by atoms with E-state index in [0.717, 1.165) is 0 Å². The van der Waals surface area contributed by atoms with E-state index in [9.17, 15) is 52.7 Å². The number of hydrogen-bond acceptors (Lipinski definition) is 2. The fraction of sp³-hybridized carbons (Fsp3) is 0. The highest BCUT2D eigenvalue weighted by atomic mass is 127. The minimum Gasteiger partial charge on any atom is -0.207 e. The summed E-state index contributed by atoms with van der Waals surface area (Å²) in [6, 6.07) is 30.5. The van der Waals surface area contributed by atoms with Crippen LogP contribution in [0.1, 0.15) is 0 Å². The fourth-order valence-electron chi connectivity index (χ4n) is 7.21. The normalized spacial score (nSPS) is 11.6. The summed E-state index contributed by atoms with van der Waals surface area (Å²) in [4.78, 5) is 2.75. The lowest BCUT2D eigenvalue weighted by Gasteiger charge is -2.44. The van der Waals surface area contributed by atoms with Gasteiger partial charge in [0.15, 0.2) is 69.8 Å². The van der Waals surface area contributed by atoms with Crippen LogP contribution in [0.3, 0.4) is 0 Å². The van der Waals surface area contributed by atoms with Gasteiger partial charge in [0, 0.05) is 21.9 Å². The van der Waals surface area contributed by atoms with Crippen LogP contribution in [0.15, 0.2) is 84.9 Å². The first-order valence-electron chi connectivity index (χ1n) is 18.3. The maximum atomic E-state index is 15.4. The molecule has 0 aliphatic heterocycles. The standard InChI is InChI=1S/C24BF20.C20H14IS2/c26-5-1(6(27)14(35)21(42)13(5)34)25(2-7(28)15(36)22(43)16(37)8(2)29,3-9(30)17(38)23(44)18(39)10(3)31)4-11(32)19(40)24(45)20(41)12(4)33;1-3-7-15(8-4-1)17-11-13-19(22-17)21-20-14-12-18(23-20)16-9-5-2-6-10-16/h;1-14H/q-1;+1. The molecule has 0 unspecified atom stereocenters. The zero-order valence-corrected chi connectivity index (χ0v) is 36.2. The molecule has 0 N–H and O–H groups in total. The van der Waals surface area contributed by atoms with Gasteiger partial charge in [-0.15, -0.1) is 21.9 Å². The third-order valence-electron chi connectivity index (χ3n) is 10.2. The van der Waals surface area contributed by atoms with Crippen molar-refractivity contribution in [3.05, 3.63) is 207 Å². The quantitative estimate of drug-likeness (QED) is 0.0469. The number of thiophene rings is 2. The average Bonchev–Trinajstić information content (AvgIpc) is 4.02. The highest BCUT2D eigenvalue weighted by Gasteiger charge is 2.52. The molecule has 0 aliphatic rings. The number of benzene rings is 6. The first-order chi connectivity index (χ1) is 32.1. The summed E-state index contributed by atoms with van der Waals surface area (Å²) in [5.41, 5.74) is -11.7. The van der Waals surface area contributed by atoms with Crippen LogP contribution in [0.5, 0.6) is 0 Å². The highest BCUT2D eigenvalue weighted by Crippen LogP contribution is 2.31. The monoisotopic (exact) mass is 1120 g/mol. The molecule has 24 heteroatoms. The van der Waals surface area contributed by atoms with E-state index in [1.807, 2.05) is 22.7 Å². The van der Waals surface area contributed by atoms with Crippen LogP contribution >= 0.6 is 22.7 Å². The molecule has 6 aromatic carbocycles. The van der Waals surface area contributed by atoms with Crippen molar-refractivity contribution in [3.8, 4) is 20.9 Å². The molecular weight excluding hydrogens is 1110 g/mol. The molecule has 2 heterocycles. The van der Waals surface area contributed by atoms with Gasteiger partial charge in [0.1, 0.15) is 52.7 Å². The molecule has 0 radical (unpaired) electrons. The zero-order valence-electron chi connectivity index (χ0n) is 32.4. The van der Waals surface area contributed by atoms with E-state index < -0.39 is 144 Å². The maximum absolute atomic E-state index is 15.4. The molecule has 0 amide bonds. The van der Waals surface area contributed by atoms with E-state index in [1.165, 1.54) is 26.6 Å². The van der Waals surface area contributed by atoms with E-state index in [1.54, 1.807) is 0 Å². The van der Waals surface area contributed by atoms with Crippen LogP contribution in [-0.2, 0) is 0 Å². The van der Waals surface area contributed by atoms with Crippen LogP contribution in [-0.4, -0.2) is 6.15 Å². The highest BCUT2D eigenvalue weighted by molar-refractivity contribution is 7.20. The van der Waals surface area contributed by atoms with Gasteiger partial charge >= 0.3 is 21.2 Å². The summed E-state index contributed by atoms with van der Waals surface area (Å²) >= 11 is 3.81. The van der Waals surface area contributed by atoms with Crippen LogP contribution in [0, 0.1) is 122 Å². The van der Waals surface area contributed by atoms with Gasteiger partial charge in [-0.3, -0.25) is 0 Å². The average molecular weight is 1120 g/mol. The Kier molecular flexibility index (Phi) is 14.2. The molecule has 8 rings (SSSR count). The third-order valence-corrected chi connectivity index (χ3v) is 16.1. The second-order valence-corrected chi connectivity index (χ2v) is 20.3. The smallest absolute Gasteiger partial charge is 0.207 e. The Labute approximate surface area is 385 Å². The van der Waals surface area contributed by atoms with Crippen molar-refractivity contribution in [2.75, 3.05) is 0 Å². The van der Waals surface area contributed by atoms with Crippen molar-refractivity contribution >= 4 is 50.7 Å². The zero-order chi connectivity index (χ0) is 49.8. The van der Waals surface area contributed by atoms with Crippen LogP contribution in [0.4, 0.5) is 87.8 Å². The van der Waals surface area contributed by atoms with Crippen molar-refractivity contribution in [2.24, 2.45) is 0 Å². The van der Waals surface area contributed by atoms with Gasteiger partial charge in [-0.05, 0) is 23.3 Å². The molecule has 0 saturated heterocycles. The maximum Gasteiger partial charge on any atom is 0.381 e. The predicted molar refractivity (Wildman–Crippen MR) is 206 cm³/mol. The Morgan fingerprint density at radius 2 is 0.456 bits per heavy atom. The first-order valence-corrected chi connectivity index (χ1v) is 22.1. The van der Waals surface area contributed by atoms with Crippen molar-refractivity contribution < 1.29 is 109 Å². The lowest BCUT2D eigenvalue weighted by atomic mass is 9.12. The van der Waals surface area contributed by atoms with Crippen molar-refractivity contribution in [2.45, 2.75) is 0 Å².